The van der Waals surface area contributed by atoms with Crippen LogP contribution in [0.2, 0.25) is 0 Å². The molecule has 2 aliphatic heterocycles. The zero-order valence-corrected chi connectivity index (χ0v) is 23.5. The minimum absolute atomic E-state index is 0.0802. The van der Waals surface area contributed by atoms with Crippen LogP contribution in [-0.2, 0) is 32.1 Å². The Morgan fingerprint density at radius 2 is 1.80 bits per heavy atom. The summed E-state index contributed by atoms with van der Waals surface area (Å²) in [4.78, 5) is 56.2. The highest BCUT2D eigenvalue weighted by Gasteiger charge is 2.53. The van der Waals surface area contributed by atoms with E-state index >= 15 is 0 Å². The SMILES string of the molecule is COc1cccc(CC2(C(=O)N[C@H](C(N)=O)[C@@H](C)O)CCCN2C(=O)[C@@H]2CCCN2C(=O)OCc2ccccc2)c1. The minimum atomic E-state index is -1.38. The van der Waals surface area contributed by atoms with Crippen LogP contribution < -0.4 is 15.8 Å². The smallest absolute Gasteiger partial charge is 0.410 e. The maximum Gasteiger partial charge on any atom is 0.410 e. The van der Waals surface area contributed by atoms with Gasteiger partial charge in [-0.25, -0.2) is 4.79 Å². The Hall–Kier alpha value is -4.12. The summed E-state index contributed by atoms with van der Waals surface area (Å²) >= 11 is 0. The second kappa shape index (κ2) is 13.0. The quantitative estimate of drug-likeness (QED) is 0.396. The second-order valence-corrected chi connectivity index (χ2v) is 10.6. The first-order chi connectivity index (χ1) is 19.7. The van der Waals surface area contributed by atoms with Crippen LogP contribution in [0, 0.1) is 0 Å². The zero-order chi connectivity index (χ0) is 29.6. The summed E-state index contributed by atoms with van der Waals surface area (Å²) in [7, 11) is 1.54. The molecule has 0 spiro atoms. The molecule has 0 radical (unpaired) electrons. The topological polar surface area (TPSA) is 151 Å². The van der Waals surface area contributed by atoms with Gasteiger partial charge in [0.2, 0.25) is 17.7 Å². The largest absolute Gasteiger partial charge is 0.497 e. The number of hydrogen-bond donors (Lipinski definition) is 3. The van der Waals surface area contributed by atoms with Gasteiger partial charge >= 0.3 is 6.09 Å². The van der Waals surface area contributed by atoms with Gasteiger partial charge in [-0.3, -0.25) is 19.3 Å². The van der Waals surface area contributed by atoms with E-state index < -0.39 is 41.6 Å². The molecule has 0 saturated carbocycles. The Kier molecular flexibility index (Phi) is 9.49. The van der Waals surface area contributed by atoms with E-state index in [1.165, 1.54) is 16.7 Å². The fraction of sp³-hybridized carbons (Fsp3) is 0.467. The monoisotopic (exact) mass is 566 g/mol. The molecule has 2 saturated heterocycles. The van der Waals surface area contributed by atoms with Crippen molar-refractivity contribution in [3.05, 3.63) is 65.7 Å². The molecule has 2 fully saturated rings. The normalized spacial score (nSPS) is 21.7. The van der Waals surface area contributed by atoms with Gasteiger partial charge in [0.1, 0.15) is 30.0 Å². The van der Waals surface area contributed by atoms with Gasteiger partial charge in [-0.2, -0.15) is 0 Å². The number of nitrogens with one attached hydrogen (secondary N) is 1. The van der Waals surface area contributed by atoms with Crippen LogP contribution in [0.1, 0.15) is 43.7 Å². The van der Waals surface area contributed by atoms with Gasteiger partial charge in [0, 0.05) is 19.5 Å². The van der Waals surface area contributed by atoms with Crippen LogP contribution in [0.25, 0.3) is 0 Å². The molecule has 4 N–H and O–H groups in total. The molecule has 220 valence electrons. The highest BCUT2D eigenvalue weighted by Crippen LogP contribution is 2.36. The van der Waals surface area contributed by atoms with Gasteiger partial charge in [-0.15, -0.1) is 0 Å². The number of hydrogen-bond acceptors (Lipinski definition) is 7. The molecule has 2 aromatic carbocycles. The second-order valence-electron chi connectivity index (χ2n) is 10.6. The zero-order valence-electron chi connectivity index (χ0n) is 23.5. The van der Waals surface area contributed by atoms with Crippen molar-refractivity contribution in [3.63, 3.8) is 0 Å². The minimum Gasteiger partial charge on any atom is -0.497 e. The van der Waals surface area contributed by atoms with E-state index in [4.69, 9.17) is 15.2 Å². The number of amides is 4. The number of carbonyl (C=O) groups excluding carboxylic acids is 4. The number of carbonyl (C=O) groups is 4. The van der Waals surface area contributed by atoms with Crippen molar-refractivity contribution in [2.45, 2.75) is 69.4 Å². The van der Waals surface area contributed by atoms with Gasteiger partial charge in [0.15, 0.2) is 0 Å². The summed E-state index contributed by atoms with van der Waals surface area (Å²) in [5.74, 6) is -1.24. The number of benzene rings is 2. The number of primary amides is 1. The third kappa shape index (κ3) is 6.62. The Labute approximate surface area is 239 Å². The molecule has 41 heavy (non-hydrogen) atoms. The number of rotatable bonds is 10. The summed E-state index contributed by atoms with van der Waals surface area (Å²) in [5, 5.41) is 12.7. The van der Waals surface area contributed by atoms with Gasteiger partial charge < -0.3 is 30.5 Å². The Morgan fingerprint density at radius 3 is 2.49 bits per heavy atom. The molecule has 0 aliphatic carbocycles. The lowest BCUT2D eigenvalue weighted by Crippen LogP contribution is -2.65. The molecule has 2 aromatic rings. The van der Waals surface area contributed by atoms with Crippen molar-refractivity contribution in [1.29, 1.82) is 0 Å². The van der Waals surface area contributed by atoms with E-state index in [9.17, 15) is 24.3 Å². The molecule has 11 nitrogen and oxygen atoms in total. The van der Waals surface area contributed by atoms with E-state index in [1.807, 2.05) is 36.4 Å². The fourth-order valence-electron chi connectivity index (χ4n) is 5.75. The van der Waals surface area contributed by atoms with Crippen LogP contribution in [0.4, 0.5) is 4.79 Å². The molecular weight excluding hydrogens is 528 g/mol. The van der Waals surface area contributed by atoms with Crippen LogP contribution in [0.15, 0.2) is 54.6 Å². The summed E-state index contributed by atoms with van der Waals surface area (Å²) in [5.41, 5.74) is 5.66. The number of nitrogens with two attached hydrogens (primary N) is 1. The van der Waals surface area contributed by atoms with Crippen LogP contribution in [0.3, 0.4) is 0 Å². The van der Waals surface area contributed by atoms with Crippen LogP contribution >= 0.6 is 0 Å². The highest BCUT2D eigenvalue weighted by molar-refractivity contribution is 5.97. The van der Waals surface area contributed by atoms with E-state index in [2.05, 4.69) is 5.32 Å². The predicted molar refractivity (Wildman–Crippen MR) is 150 cm³/mol. The summed E-state index contributed by atoms with van der Waals surface area (Å²) in [6.45, 7) is 2.09. The fourth-order valence-corrected chi connectivity index (χ4v) is 5.75. The van der Waals surface area contributed by atoms with Crippen molar-refractivity contribution < 1.29 is 33.8 Å². The van der Waals surface area contributed by atoms with Gasteiger partial charge in [0.05, 0.1) is 13.2 Å². The molecule has 4 amide bonds. The van der Waals surface area contributed by atoms with E-state index in [-0.39, 0.29) is 25.5 Å². The van der Waals surface area contributed by atoms with Gasteiger partial charge in [-0.1, -0.05) is 42.5 Å². The predicted octanol–water partition coefficient (Wildman–Crippen LogP) is 1.75. The van der Waals surface area contributed by atoms with Crippen molar-refractivity contribution in [2.75, 3.05) is 20.2 Å². The van der Waals surface area contributed by atoms with Crippen molar-refractivity contribution >= 4 is 23.8 Å². The average Bonchev–Trinajstić information content (AvgIpc) is 3.63. The first kappa shape index (κ1) is 29.9. The Bertz CT molecular complexity index is 1250. The van der Waals surface area contributed by atoms with E-state index in [0.29, 0.717) is 38.0 Å². The summed E-state index contributed by atoms with van der Waals surface area (Å²) < 4.78 is 10.9. The third-order valence-corrected chi connectivity index (χ3v) is 7.86. The molecule has 0 bridgehead atoms. The summed E-state index contributed by atoms with van der Waals surface area (Å²) in [6, 6.07) is 14.3. The average molecular weight is 567 g/mol. The lowest BCUT2D eigenvalue weighted by atomic mass is 9.86. The molecule has 2 aliphatic rings. The number of ether oxygens (including phenoxy) is 2. The van der Waals surface area contributed by atoms with Crippen LogP contribution in [0.5, 0.6) is 5.75 Å². The molecule has 1 unspecified atom stereocenters. The number of aliphatic hydroxyl groups excluding tert-OH is 1. The highest BCUT2D eigenvalue weighted by atomic mass is 16.6. The lowest BCUT2D eigenvalue weighted by molar-refractivity contribution is -0.149. The Balaban J connectivity index is 1.61. The molecule has 4 atom stereocenters. The number of aliphatic hydroxyl groups is 1. The first-order valence-electron chi connectivity index (χ1n) is 13.9. The van der Waals surface area contributed by atoms with E-state index in [0.717, 1.165) is 11.1 Å². The van der Waals surface area contributed by atoms with Crippen molar-refractivity contribution in [2.24, 2.45) is 5.73 Å². The van der Waals surface area contributed by atoms with Crippen molar-refractivity contribution in [3.8, 4) is 5.75 Å². The molecule has 11 heteroatoms. The number of nitrogens with zero attached hydrogens (tertiary/aromatic N) is 2. The van der Waals surface area contributed by atoms with Gasteiger partial charge in [-0.05, 0) is 55.9 Å². The van der Waals surface area contributed by atoms with Crippen LogP contribution in [-0.4, -0.2) is 82.6 Å². The first-order valence-corrected chi connectivity index (χ1v) is 13.9. The maximum absolute atomic E-state index is 14.2. The van der Waals surface area contributed by atoms with E-state index in [1.54, 1.807) is 25.3 Å². The van der Waals surface area contributed by atoms with Gasteiger partial charge in [0.25, 0.3) is 0 Å². The maximum atomic E-state index is 14.2. The lowest BCUT2D eigenvalue weighted by Gasteiger charge is -2.40. The molecule has 0 aromatic heterocycles. The Morgan fingerprint density at radius 1 is 1.07 bits per heavy atom. The standard InChI is InChI=1S/C30H38N4O7/c1-20(35)25(26(31)36)32-28(38)30(18-22-11-6-12-23(17-22)40-2)14-8-16-34(30)27(37)24-13-7-15-33(24)29(39)41-19-21-9-4-3-5-10-21/h3-6,9-12,17,20,24-25,35H,7-8,13-16,18-19H2,1-2H3,(H2,31,36)(H,32,38)/t20-,24+,25+,30?/m1/s1. The summed E-state index contributed by atoms with van der Waals surface area (Å²) in [6.07, 6.45) is 0.214. The molecular formula is C30H38N4O7. The third-order valence-electron chi connectivity index (χ3n) is 7.86. The molecule has 2 heterocycles. The number of methoxy groups -OCH3 is 1. The number of likely N-dealkylation sites (tertiary alicyclic amines) is 2. The molecule has 4 rings (SSSR count). The van der Waals surface area contributed by atoms with Crippen molar-refractivity contribution in [1.82, 2.24) is 15.1 Å².